The van der Waals surface area contributed by atoms with E-state index in [1.165, 1.54) is 12.1 Å². The Balaban J connectivity index is 0.00000400. The molecule has 6 nitrogen and oxygen atoms in total. The van der Waals surface area contributed by atoms with Gasteiger partial charge in [-0.1, -0.05) is 12.1 Å². The largest absolute Gasteiger partial charge is 0.352 e. The third-order valence-electron chi connectivity index (χ3n) is 2.49. The van der Waals surface area contributed by atoms with E-state index in [9.17, 15) is 18.4 Å². The number of primary amides is 1. The van der Waals surface area contributed by atoms with Crippen LogP contribution in [-0.2, 0) is 6.54 Å². The summed E-state index contributed by atoms with van der Waals surface area (Å²) in [6.07, 6.45) is 0. The Bertz CT molecular complexity index is 483. The molecule has 0 fully saturated rings. The summed E-state index contributed by atoms with van der Waals surface area (Å²) < 4.78 is 25.8. The van der Waals surface area contributed by atoms with Gasteiger partial charge in [0.25, 0.3) is 11.8 Å². The Hall–Kier alpha value is -1.93. The number of alkyl halides is 2. The lowest BCUT2D eigenvalue weighted by molar-refractivity contribution is 0.0118. The summed E-state index contributed by atoms with van der Waals surface area (Å²) in [5.41, 5.74) is 10.7. The number of hydrogen-bond acceptors (Lipinski definition) is 3. The molecule has 1 aromatic rings. The first-order chi connectivity index (χ1) is 9.34. The summed E-state index contributed by atoms with van der Waals surface area (Å²) >= 11 is 0. The van der Waals surface area contributed by atoms with Gasteiger partial charge < -0.3 is 22.1 Å². The van der Waals surface area contributed by atoms with Gasteiger partial charge in [0.1, 0.15) is 0 Å². The topological polar surface area (TPSA) is 110 Å². The minimum absolute atomic E-state index is 0. The third-order valence-corrected chi connectivity index (χ3v) is 2.49. The molecular weight excluding hydrogens is 306 g/mol. The van der Waals surface area contributed by atoms with Crippen molar-refractivity contribution >= 4 is 24.3 Å². The van der Waals surface area contributed by atoms with Crippen molar-refractivity contribution < 1.29 is 18.4 Å². The van der Waals surface area contributed by atoms with Crippen LogP contribution in [0.2, 0.25) is 0 Å². The van der Waals surface area contributed by atoms with Crippen molar-refractivity contribution in [1.29, 1.82) is 0 Å². The van der Waals surface area contributed by atoms with Gasteiger partial charge in [-0.2, -0.15) is 0 Å². The van der Waals surface area contributed by atoms with Crippen LogP contribution in [-0.4, -0.2) is 31.0 Å². The minimum Gasteiger partial charge on any atom is -0.352 e. The van der Waals surface area contributed by atoms with Crippen LogP contribution in [0.25, 0.3) is 0 Å². The van der Waals surface area contributed by atoms with Gasteiger partial charge in [0.2, 0.25) is 0 Å². The summed E-state index contributed by atoms with van der Waals surface area (Å²) in [5.74, 6) is -3.74. The monoisotopic (exact) mass is 322 g/mol. The van der Waals surface area contributed by atoms with E-state index in [4.69, 9.17) is 11.5 Å². The zero-order valence-corrected chi connectivity index (χ0v) is 11.9. The Morgan fingerprint density at radius 3 is 2.19 bits per heavy atom. The van der Waals surface area contributed by atoms with Gasteiger partial charge in [-0.3, -0.25) is 4.79 Å². The fourth-order valence-electron chi connectivity index (χ4n) is 1.35. The maximum absolute atomic E-state index is 12.9. The standard InChI is InChI=1S/C12H16F2N4O2.ClH/c13-12(14,6-15)7-18-10(19)9-3-1-8(2-4-9)5-17-11(16)20;/h1-4H,5-7,15H2,(H,18,19)(H3,16,17,20);1H. The maximum atomic E-state index is 12.9. The molecule has 0 aliphatic rings. The van der Waals surface area contributed by atoms with Crippen molar-refractivity contribution in [3.8, 4) is 0 Å². The van der Waals surface area contributed by atoms with E-state index in [2.05, 4.69) is 10.6 Å². The highest BCUT2D eigenvalue weighted by molar-refractivity contribution is 5.94. The van der Waals surface area contributed by atoms with Gasteiger partial charge in [-0.15, -0.1) is 12.4 Å². The van der Waals surface area contributed by atoms with E-state index in [0.717, 1.165) is 5.56 Å². The predicted octanol–water partition coefficient (Wildman–Crippen LogP) is 0.600. The lowest BCUT2D eigenvalue weighted by Gasteiger charge is -2.14. The molecule has 118 valence electrons. The molecule has 6 N–H and O–H groups in total. The van der Waals surface area contributed by atoms with Crippen molar-refractivity contribution in [2.75, 3.05) is 13.1 Å². The average Bonchev–Trinajstić information content (AvgIpc) is 2.43. The van der Waals surface area contributed by atoms with Gasteiger partial charge >= 0.3 is 6.03 Å². The number of nitrogens with two attached hydrogens (primary N) is 2. The number of benzene rings is 1. The SMILES string of the molecule is Cl.NCC(F)(F)CNC(=O)c1ccc(CNC(N)=O)cc1. The normalized spacial score (nSPS) is 10.4. The number of carbonyl (C=O) groups excluding carboxylic acids is 2. The highest BCUT2D eigenvalue weighted by atomic mass is 35.5. The van der Waals surface area contributed by atoms with E-state index < -0.39 is 31.0 Å². The number of urea groups is 1. The van der Waals surface area contributed by atoms with Crippen LogP contribution < -0.4 is 22.1 Å². The number of hydrogen-bond donors (Lipinski definition) is 4. The Kier molecular flexibility index (Phi) is 7.61. The van der Waals surface area contributed by atoms with Crippen LogP contribution in [0.5, 0.6) is 0 Å². The van der Waals surface area contributed by atoms with E-state index >= 15 is 0 Å². The molecule has 9 heteroatoms. The number of carbonyl (C=O) groups is 2. The van der Waals surface area contributed by atoms with Gasteiger partial charge in [-0.25, -0.2) is 13.6 Å². The summed E-state index contributed by atoms with van der Waals surface area (Å²) in [7, 11) is 0. The first-order valence-corrected chi connectivity index (χ1v) is 5.82. The number of halogens is 3. The Morgan fingerprint density at radius 1 is 1.14 bits per heavy atom. The van der Waals surface area contributed by atoms with Crippen LogP contribution in [0, 0.1) is 0 Å². The van der Waals surface area contributed by atoms with Crippen molar-refractivity contribution in [3.05, 3.63) is 35.4 Å². The van der Waals surface area contributed by atoms with Crippen molar-refractivity contribution in [2.45, 2.75) is 12.5 Å². The fourth-order valence-corrected chi connectivity index (χ4v) is 1.35. The smallest absolute Gasteiger partial charge is 0.312 e. The molecule has 0 saturated heterocycles. The molecule has 3 amide bonds. The summed E-state index contributed by atoms with van der Waals surface area (Å²) in [6.45, 7) is -1.42. The quantitative estimate of drug-likeness (QED) is 0.615. The third kappa shape index (κ3) is 6.87. The molecule has 0 spiro atoms. The van der Waals surface area contributed by atoms with Crippen molar-refractivity contribution in [2.24, 2.45) is 11.5 Å². The predicted molar refractivity (Wildman–Crippen MR) is 76.4 cm³/mol. The summed E-state index contributed by atoms with van der Waals surface area (Å²) in [5, 5.41) is 4.49. The molecule has 21 heavy (non-hydrogen) atoms. The lowest BCUT2D eigenvalue weighted by atomic mass is 10.1. The summed E-state index contributed by atoms with van der Waals surface area (Å²) in [6, 6.07) is 5.45. The molecule has 0 aliphatic carbocycles. The molecule has 0 bridgehead atoms. The molecule has 0 atom stereocenters. The first-order valence-electron chi connectivity index (χ1n) is 5.82. The van der Waals surface area contributed by atoms with Gasteiger partial charge in [0, 0.05) is 12.1 Å². The van der Waals surface area contributed by atoms with Crippen LogP contribution in [0.1, 0.15) is 15.9 Å². The lowest BCUT2D eigenvalue weighted by Crippen LogP contribution is -2.41. The zero-order valence-electron chi connectivity index (χ0n) is 11.1. The highest BCUT2D eigenvalue weighted by Crippen LogP contribution is 2.10. The number of nitrogens with one attached hydrogen (secondary N) is 2. The van der Waals surface area contributed by atoms with Crippen molar-refractivity contribution in [3.63, 3.8) is 0 Å². The molecule has 0 radical (unpaired) electrons. The molecule has 1 aromatic carbocycles. The molecule has 0 unspecified atom stereocenters. The number of rotatable bonds is 6. The van der Waals surface area contributed by atoms with Crippen LogP contribution in [0.4, 0.5) is 13.6 Å². The molecule has 0 aromatic heterocycles. The second-order valence-corrected chi connectivity index (χ2v) is 4.16. The molecule has 0 heterocycles. The highest BCUT2D eigenvalue weighted by Gasteiger charge is 2.27. The van der Waals surface area contributed by atoms with Crippen LogP contribution in [0.3, 0.4) is 0 Å². The Labute approximate surface area is 126 Å². The van der Waals surface area contributed by atoms with E-state index in [-0.39, 0.29) is 24.5 Å². The molecular formula is C12H17ClF2N4O2. The summed E-state index contributed by atoms with van der Waals surface area (Å²) in [4.78, 5) is 22.1. The average molecular weight is 323 g/mol. The second-order valence-electron chi connectivity index (χ2n) is 4.16. The van der Waals surface area contributed by atoms with Gasteiger partial charge in [0.05, 0.1) is 13.1 Å². The second kappa shape index (κ2) is 8.38. The fraction of sp³-hybridized carbons (Fsp3) is 0.333. The van der Waals surface area contributed by atoms with E-state index in [0.29, 0.717) is 0 Å². The van der Waals surface area contributed by atoms with Crippen LogP contribution >= 0.6 is 12.4 Å². The number of amides is 3. The van der Waals surface area contributed by atoms with Crippen LogP contribution in [0.15, 0.2) is 24.3 Å². The zero-order chi connectivity index (χ0) is 15.2. The molecule has 1 rings (SSSR count). The van der Waals surface area contributed by atoms with Crippen molar-refractivity contribution in [1.82, 2.24) is 10.6 Å². The molecule has 0 aliphatic heterocycles. The maximum Gasteiger partial charge on any atom is 0.312 e. The first kappa shape index (κ1) is 19.1. The Morgan fingerprint density at radius 2 is 1.71 bits per heavy atom. The molecule has 0 saturated carbocycles. The van der Waals surface area contributed by atoms with E-state index in [1.807, 2.05) is 0 Å². The van der Waals surface area contributed by atoms with Gasteiger partial charge in [0.15, 0.2) is 0 Å². The minimum atomic E-state index is -3.12. The van der Waals surface area contributed by atoms with Gasteiger partial charge in [-0.05, 0) is 17.7 Å². The van der Waals surface area contributed by atoms with E-state index in [1.54, 1.807) is 12.1 Å².